The topological polar surface area (TPSA) is 87.0 Å². The van der Waals surface area contributed by atoms with E-state index in [1.165, 1.54) is 0 Å². The Labute approximate surface area is 62.1 Å². The Bertz CT molecular complexity index is 74.0. The van der Waals surface area contributed by atoms with E-state index in [-0.39, 0.29) is 19.8 Å². The van der Waals surface area contributed by atoms with Gasteiger partial charge in [0.2, 0.25) is 0 Å². The average molecular weight is 172 g/mol. The standard InChI is InChI=1S/C2H6O3S.C2H6O2/c1-2-5-6(3)4;3-1-2-4/h2H2,1H3,(H,3,4);3-4H,1-2H2. The molecule has 0 heterocycles. The van der Waals surface area contributed by atoms with E-state index < -0.39 is 11.4 Å². The molecular formula is C4H12O5S. The van der Waals surface area contributed by atoms with Crippen LogP contribution in [0.4, 0.5) is 0 Å². The minimum Gasteiger partial charge on any atom is -0.394 e. The van der Waals surface area contributed by atoms with Gasteiger partial charge in [0.15, 0.2) is 0 Å². The lowest BCUT2D eigenvalue weighted by Gasteiger charge is -1.84. The van der Waals surface area contributed by atoms with Gasteiger partial charge < -0.3 is 10.2 Å². The zero-order valence-electron chi connectivity index (χ0n) is 5.69. The minimum atomic E-state index is -2.07. The summed E-state index contributed by atoms with van der Waals surface area (Å²) in [5.74, 6) is 0. The van der Waals surface area contributed by atoms with Crippen molar-refractivity contribution in [3.8, 4) is 0 Å². The van der Waals surface area contributed by atoms with Gasteiger partial charge in [0, 0.05) is 0 Å². The van der Waals surface area contributed by atoms with E-state index in [1.54, 1.807) is 6.92 Å². The van der Waals surface area contributed by atoms with Crippen molar-refractivity contribution in [2.75, 3.05) is 19.8 Å². The molecule has 0 saturated carbocycles. The van der Waals surface area contributed by atoms with Gasteiger partial charge in [-0.25, -0.2) is 0 Å². The average Bonchev–Trinajstić information content (AvgIpc) is 1.89. The molecule has 0 spiro atoms. The van der Waals surface area contributed by atoms with Gasteiger partial charge in [-0.05, 0) is 6.92 Å². The van der Waals surface area contributed by atoms with E-state index in [0.29, 0.717) is 0 Å². The molecule has 0 saturated heterocycles. The van der Waals surface area contributed by atoms with Crippen LogP contribution >= 0.6 is 0 Å². The number of rotatable bonds is 3. The van der Waals surface area contributed by atoms with E-state index in [1.807, 2.05) is 0 Å². The van der Waals surface area contributed by atoms with Crippen molar-refractivity contribution in [2.24, 2.45) is 0 Å². The van der Waals surface area contributed by atoms with Crippen molar-refractivity contribution >= 4 is 11.4 Å². The molecule has 3 N–H and O–H groups in total. The van der Waals surface area contributed by atoms with Crippen molar-refractivity contribution in [3.63, 3.8) is 0 Å². The molecule has 1 unspecified atom stereocenters. The van der Waals surface area contributed by atoms with E-state index >= 15 is 0 Å². The van der Waals surface area contributed by atoms with E-state index in [2.05, 4.69) is 4.18 Å². The van der Waals surface area contributed by atoms with Gasteiger partial charge in [-0.3, -0.25) is 8.74 Å². The van der Waals surface area contributed by atoms with Crippen LogP contribution < -0.4 is 0 Å². The first-order chi connectivity index (χ1) is 4.68. The highest BCUT2D eigenvalue weighted by atomic mass is 32.2. The fraction of sp³-hybridized carbons (Fsp3) is 1.00. The van der Waals surface area contributed by atoms with Crippen LogP contribution in [0.15, 0.2) is 0 Å². The Kier molecular flexibility index (Phi) is 14.9. The summed E-state index contributed by atoms with van der Waals surface area (Å²) in [6.45, 7) is 1.68. The maximum absolute atomic E-state index is 9.49. The third-order valence-electron chi connectivity index (χ3n) is 0.319. The van der Waals surface area contributed by atoms with Crippen LogP contribution in [0, 0.1) is 0 Å². The third kappa shape index (κ3) is 24.5. The molecule has 0 amide bonds. The molecule has 5 nitrogen and oxygen atoms in total. The second-order valence-electron chi connectivity index (χ2n) is 1.07. The van der Waals surface area contributed by atoms with Gasteiger partial charge >= 0.3 is 11.4 Å². The van der Waals surface area contributed by atoms with Gasteiger partial charge in [0.1, 0.15) is 0 Å². The molecule has 0 radical (unpaired) electrons. The molecule has 0 aromatic carbocycles. The number of hydrogen-bond donors (Lipinski definition) is 3. The number of hydrogen-bond acceptors (Lipinski definition) is 4. The number of aliphatic hydroxyl groups is 2. The van der Waals surface area contributed by atoms with Gasteiger partial charge in [-0.2, -0.15) is 4.21 Å². The van der Waals surface area contributed by atoms with Gasteiger partial charge in [0.25, 0.3) is 0 Å². The third-order valence-corrected chi connectivity index (χ3v) is 0.756. The highest BCUT2D eigenvalue weighted by Crippen LogP contribution is 1.72. The van der Waals surface area contributed by atoms with Crippen molar-refractivity contribution in [3.05, 3.63) is 0 Å². The normalized spacial score (nSPS) is 11.6. The Morgan fingerprint density at radius 2 is 1.80 bits per heavy atom. The predicted octanol–water partition coefficient (Wildman–Crippen LogP) is -0.869. The minimum absolute atomic E-state index is 0.125. The summed E-state index contributed by atoms with van der Waals surface area (Å²) in [5.41, 5.74) is 0. The molecular weight excluding hydrogens is 160 g/mol. The van der Waals surface area contributed by atoms with E-state index in [0.717, 1.165) is 0 Å². The molecule has 0 aromatic rings. The molecule has 0 fully saturated rings. The second kappa shape index (κ2) is 11.7. The second-order valence-corrected chi connectivity index (χ2v) is 1.74. The SMILES string of the molecule is CCOS(=O)O.OCCO. The molecule has 1 atom stereocenters. The Hall–Kier alpha value is -0.0100. The predicted molar refractivity (Wildman–Crippen MR) is 36.6 cm³/mol. The van der Waals surface area contributed by atoms with Crippen LogP contribution in [0.5, 0.6) is 0 Å². The summed E-state index contributed by atoms with van der Waals surface area (Å²) in [4.78, 5) is 0. The molecule has 0 aromatic heterocycles. The van der Waals surface area contributed by atoms with Gasteiger partial charge in [0.05, 0.1) is 19.8 Å². The number of aliphatic hydroxyl groups excluding tert-OH is 2. The highest BCUT2D eigenvalue weighted by molar-refractivity contribution is 7.74. The molecule has 0 aliphatic rings. The molecule has 0 aliphatic carbocycles. The first kappa shape index (κ1) is 12.6. The van der Waals surface area contributed by atoms with Crippen molar-refractivity contribution < 1.29 is 23.2 Å². The molecule has 0 bridgehead atoms. The summed E-state index contributed by atoms with van der Waals surface area (Å²) < 4.78 is 21.4. The first-order valence-electron chi connectivity index (χ1n) is 2.64. The quantitative estimate of drug-likeness (QED) is 0.482. The Morgan fingerprint density at radius 1 is 1.40 bits per heavy atom. The maximum Gasteiger partial charge on any atom is 0.301 e. The van der Waals surface area contributed by atoms with E-state index in [4.69, 9.17) is 14.8 Å². The lowest BCUT2D eigenvalue weighted by Crippen LogP contribution is -1.91. The van der Waals surface area contributed by atoms with Gasteiger partial charge in [-0.15, -0.1) is 0 Å². The van der Waals surface area contributed by atoms with Crippen LogP contribution in [0.1, 0.15) is 6.92 Å². The van der Waals surface area contributed by atoms with Crippen molar-refractivity contribution in [2.45, 2.75) is 6.92 Å². The lowest BCUT2D eigenvalue weighted by molar-refractivity contribution is 0.186. The molecule has 64 valence electrons. The Morgan fingerprint density at radius 3 is 1.80 bits per heavy atom. The fourth-order valence-electron chi connectivity index (χ4n) is 0.101. The van der Waals surface area contributed by atoms with Crippen LogP contribution in [-0.4, -0.2) is 38.8 Å². The highest BCUT2D eigenvalue weighted by Gasteiger charge is 1.82. The summed E-state index contributed by atoms with van der Waals surface area (Å²) in [6, 6.07) is 0. The van der Waals surface area contributed by atoms with E-state index in [9.17, 15) is 4.21 Å². The zero-order valence-corrected chi connectivity index (χ0v) is 6.50. The largest absolute Gasteiger partial charge is 0.394 e. The van der Waals surface area contributed by atoms with Crippen LogP contribution in [0.3, 0.4) is 0 Å². The van der Waals surface area contributed by atoms with Crippen LogP contribution in [0.25, 0.3) is 0 Å². The summed E-state index contributed by atoms with van der Waals surface area (Å²) in [5, 5.41) is 15.2. The van der Waals surface area contributed by atoms with Crippen molar-refractivity contribution in [1.82, 2.24) is 0 Å². The Balaban J connectivity index is 0. The van der Waals surface area contributed by atoms with Crippen molar-refractivity contribution in [1.29, 1.82) is 0 Å². The van der Waals surface area contributed by atoms with Gasteiger partial charge in [-0.1, -0.05) is 0 Å². The van der Waals surface area contributed by atoms with Crippen LogP contribution in [0.2, 0.25) is 0 Å². The monoisotopic (exact) mass is 172 g/mol. The fourth-order valence-corrected chi connectivity index (χ4v) is 0.302. The smallest absolute Gasteiger partial charge is 0.301 e. The summed E-state index contributed by atoms with van der Waals surface area (Å²) >= 11 is -2.07. The summed E-state index contributed by atoms with van der Waals surface area (Å²) in [6.07, 6.45) is 0. The zero-order chi connectivity index (χ0) is 8.41. The lowest BCUT2D eigenvalue weighted by atomic mass is 10.8. The molecule has 6 heteroatoms. The molecule has 0 aliphatic heterocycles. The molecule has 0 rings (SSSR count). The molecule has 10 heavy (non-hydrogen) atoms. The maximum atomic E-state index is 9.49. The summed E-state index contributed by atoms with van der Waals surface area (Å²) in [7, 11) is 0. The van der Waals surface area contributed by atoms with Crippen LogP contribution in [-0.2, 0) is 15.5 Å². The first-order valence-corrected chi connectivity index (χ1v) is 3.68.